The summed E-state index contributed by atoms with van der Waals surface area (Å²) in [6, 6.07) is 6.24. The molecule has 1 amide bonds. The van der Waals surface area contributed by atoms with Gasteiger partial charge >= 0.3 is 0 Å². The number of hydrogen-bond donors (Lipinski definition) is 1. The Morgan fingerprint density at radius 2 is 1.74 bits per heavy atom. The van der Waals surface area contributed by atoms with E-state index in [2.05, 4.69) is 31.2 Å². The molecule has 2 atom stereocenters. The third kappa shape index (κ3) is 9.76. The largest absolute Gasteiger partial charge is 0.390 e. The van der Waals surface area contributed by atoms with Gasteiger partial charge in [0.2, 0.25) is 0 Å². The zero-order valence-electron chi connectivity index (χ0n) is 20.8. The van der Waals surface area contributed by atoms with Crippen LogP contribution >= 0.6 is 23.4 Å². The smallest absolute Gasteiger partial charge is 0.255 e. The lowest BCUT2D eigenvalue weighted by Crippen LogP contribution is -2.17. The minimum absolute atomic E-state index is 0.155. The fraction of sp³-hybridized carbons (Fsp3) is 0.462. The first kappa shape index (κ1) is 29.0. The third-order valence-corrected chi connectivity index (χ3v) is 6.49. The van der Waals surface area contributed by atoms with Gasteiger partial charge in [0.1, 0.15) is 5.60 Å². The highest BCUT2D eigenvalue weighted by molar-refractivity contribution is 8.00. The molecule has 192 valence electrons. The number of carbonyl (C=O) groups excluding carboxylic acids is 1. The Morgan fingerprint density at radius 3 is 2.31 bits per heavy atom. The number of carbonyl (C=O) groups is 1. The molecule has 0 aliphatic rings. The molecule has 0 aliphatic carbocycles. The van der Waals surface area contributed by atoms with Crippen molar-refractivity contribution in [2.24, 2.45) is 17.0 Å². The second kappa shape index (κ2) is 12.7. The molecular weight excluding hydrogens is 497 g/mol. The Balaban J connectivity index is 2.16. The number of halogens is 4. The van der Waals surface area contributed by atoms with Crippen LogP contribution in [0.4, 0.5) is 18.9 Å². The Hall–Kier alpha value is -2.19. The van der Waals surface area contributed by atoms with E-state index in [9.17, 15) is 18.0 Å². The average molecular weight is 529 g/mol. The van der Waals surface area contributed by atoms with E-state index < -0.39 is 23.4 Å². The Bertz CT molecular complexity index is 1030. The van der Waals surface area contributed by atoms with Crippen LogP contribution in [0.25, 0.3) is 0 Å². The Labute approximate surface area is 214 Å². The maximum absolute atomic E-state index is 13.5. The van der Waals surface area contributed by atoms with Crippen LogP contribution in [0.1, 0.15) is 64.7 Å². The lowest BCUT2D eigenvalue weighted by atomic mass is 10.00. The van der Waals surface area contributed by atoms with Gasteiger partial charge in [0.05, 0.1) is 5.02 Å². The second-order valence-corrected chi connectivity index (χ2v) is 11.6. The Morgan fingerprint density at radius 1 is 1.11 bits per heavy atom. The lowest BCUT2D eigenvalue weighted by Gasteiger charge is -2.22. The number of anilines is 1. The first-order valence-corrected chi connectivity index (χ1v) is 12.6. The zero-order chi connectivity index (χ0) is 26.3. The van der Waals surface area contributed by atoms with E-state index >= 15 is 0 Å². The van der Waals surface area contributed by atoms with Crippen molar-refractivity contribution < 1.29 is 22.8 Å². The molecule has 4 nitrogen and oxygen atoms in total. The minimum atomic E-state index is -1.59. The molecule has 0 fully saturated rings. The van der Waals surface area contributed by atoms with Crippen molar-refractivity contribution in [1.29, 1.82) is 0 Å². The molecular formula is C26H32ClF3N2O2S. The molecule has 0 spiro atoms. The minimum Gasteiger partial charge on any atom is -0.390 e. The molecule has 2 aromatic carbocycles. The van der Waals surface area contributed by atoms with Gasteiger partial charge < -0.3 is 10.2 Å². The van der Waals surface area contributed by atoms with Crippen molar-refractivity contribution in [3.8, 4) is 0 Å². The summed E-state index contributed by atoms with van der Waals surface area (Å²) in [6.45, 7) is 12.1. The van der Waals surface area contributed by atoms with Crippen molar-refractivity contribution in [3.63, 3.8) is 0 Å². The highest BCUT2D eigenvalue weighted by Gasteiger charge is 2.20. The van der Waals surface area contributed by atoms with Crippen molar-refractivity contribution in [1.82, 2.24) is 0 Å². The first-order valence-electron chi connectivity index (χ1n) is 11.4. The monoisotopic (exact) mass is 528 g/mol. The van der Waals surface area contributed by atoms with Crippen LogP contribution in [-0.4, -0.2) is 23.0 Å². The van der Waals surface area contributed by atoms with E-state index in [4.69, 9.17) is 16.4 Å². The number of rotatable bonds is 10. The molecule has 0 bridgehead atoms. The zero-order valence-corrected chi connectivity index (χ0v) is 22.4. The fourth-order valence-corrected chi connectivity index (χ4v) is 5.10. The summed E-state index contributed by atoms with van der Waals surface area (Å²) in [7, 11) is 0. The van der Waals surface area contributed by atoms with E-state index in [1.165, 1.54) is 6.07 Å². The molecule has 2 rings (SSSR count). The molecule has 0 saturated heterocycles. The molecule has 2 unspecified atom stereocenters. The fourth-order valence-electron chi connectivity index (χ4n) is 3.23. The van der Waals surface area contributed by atoms with Gasteiger partial charge in [-0.3, -0.25) is 4.79 Å². The van der Waals surface area contributed by atoms with Crippen LogP contribution in [0.3, 0.4) is 0 Å². The van der Waals surface area contributed by atoms with E-state index in [0.29, 0.717) is 10.9 Å². The molecule has 35 heavy (non-hydrogen) atoms. The van der Waals surface area contributed by atoms with Crippen molar-refractivity contribution in [2.75, 3.05) is 5.32 Å². The molecule has 2 aromatic rings. The standard InChI is InChI=1S/C26H32ClF3N2O2S/c1-15(2)9-19(10-16(3)14-31-34-26(4,5)6)35-23-11-17(7-8-20(23)27)25(33)32-18-12-21(28)24(30)22(29)13-18/h7-8,11-16,19H,9-10H2,1-6H3,(H,32,33)/b31-14+. The lowest BCUT2D eigenvalue weighted by molar-refractivity contribution is 0.00118. The number of benzene rings is 2. The van der Waals surface area contributed by atoms with Gasteiger partial charge in [0.25, 0.3) is 5.91 Å². The molecule has 0 saturated carbocycles. The van der Waals surface area contributed by atoms with Crippen molar-refractivity contribution in [3.05, 3.63) is 58.4 Å². The SMILES string of the molecule is CC(C)CC(CC(C)/C=N/OC(C)(C)C)Sc1cc(C(=O)Nc2cc(F)c(F)c(F)c2)ccc1Cl. The van der Waals surface area contributed by atoms with Crippen LogP contribution in [-0.2, 0) is 4.84 Å². The van der Waals surface area contributed by atoms with Crippen molar-refractivity contribution >= 4 is 41.2 Å². The number of hydrogen-bond acceptors (Lipinski definition) is 4. The number of nitrogens with zero attached hydrogens (tertiary/aromatic N) is 1. The summed E-state index contributed by atoms with van der Waals surface area (Å²) in [5.74, 6) is -4.34. The summed E-state index contributed by atoms with van der Waals surface area (Å²) >= 11 is 8.00. The van der Waals surface area contributed by atoms with Crippen LogP contribution in [0.2, 0.25) is 5.02 Å². The second-order valence-electron chi connectivity index (χ2n) is 9.89. The van der Waals surface area contributed by atoms with Gasteiger partial charge in [-0.1, -0.05) is 37.5 Å². The molecule has 1 N–H and O–H groups in total. The van der Waals surface area contributed by atoms with Gasteiger partial charge in [-0.25, -0.2) is 13.2 Å². The van der Waals surface area contributed by atoms with Gasteiger partial charge in [0, 0.05) is 39.7 Å². The summed E-state index contributed by atoms with van der Waals surface area (Å²) in [4.78, 5) is 18.9. The normalized spacial score (nSPS) is 13.8. The predicted molar refractivity (Wildman–Crippen MR) is 138 cm³/mol. The predicted octanol–water partition coefficient (Wildman–Crippen LogP) is 8.34. The van der Waals surface area contributed by atoms with Crippen LogP contribution in [0.5, 0.6) is 0 Å². The highest BCUT2D eigenvalue weighted by Crippen LogP contribution is 2.36. The highest BCUT2D eigenvalue weighted by atomic mass is 35.5. The first-order chi connectivity index (χ1) is 16.2. The van der Waals surface area contributed by atoms with E-state index in [1.54, 1.807) is 30.1 Å². The number of amides is 1. The van der Waals surface area contributed by atoms with Gasteiger partial charge in [-0.2, -0.15) is 0 Å². The van der Waals surface area contributed by atoms with Crippen LogP contribution < -0.4 is 5.32 Å². The summed E-state index contributed by atoms with van der Waals surface area (Å²) < 4.78 is 40.2. The molecule has 0 aliphatic heterocycles. The van der Waals surface area contributed by atoms with Gasteiger partial charge in [0.15, 0.2) is 17.5 Å². The molecule has 0 aromatic heterocycles. The maximum Gasteiger partial charge on any atom is 0.255 e. The molecule has 9 heteroatoms. The van der Waals surface area contributed by atoms with Gasteiger partial charge in [-0.15, -0.1) is 11.8 Å². The summed E-state index contributed by atoms with van der Waals surface area (Å²) in [5.41, 5.74) is -0.278. The number of thioether (sulfide) groups is 1. The van der Waals surface area contributed by atoms with Gasteiger partial charge in [-0.05, 0) is 63.6 Å². The maximum atomic E-state index is 13.5. The topological polar surface area (TPSA) is 50.7 Å². The third-order valence-electron chi connectivity index (χ3n) is 4.74. The summed E-state index contributed by atoms with van der Waals surface area (Å²) in [5, 5.41) is 7.20. The molecule has 0 heterocycles. The number of nitrogens with one attached hydrogen (secondary N) is 1. The Kier molecular flexibility index (Phi) is 10.5. The van der Waals surface area contributed by atoms with Crippen LogP contribution in [0.15, 0.2) is 40.4 Å². The van der Waals surface area contributed by atoms with E-state index in [-0.39, 0.29) is 28.0 Å². The number of oxime groups is 1. The average Bonchev–Trinajstić information content (AvgIpc) is 2.72. The van der Waals surface area contributed by atoms with E-state index in [0.717, 1.165) is 29.9 Å². The molecule has 0 radical (unpaired) electrons. The van der Waals surface area contributed by atoms with Crippen molar-refractivity contribution in [2.45, 2.75) is 70.1 Å². The van der Waals surface area contributed by atoms with Crippen LogP contribution in [0, 0.1) is 29.3 Å². The summed E-state index contributed by atoms with van der Waals surface area (Å²) in [6.07, 6.45) is 3.54. The van der Waals surface area contributed by atoms with E-state index in [1.807, 2.05) is 20.8 Å². The quantitative estimate of drug-likeness (QED) is 0.146.